The molecule has 96 valence electrons. The molecule has 0 saturated heterocycles. The summed E-state index contributed by atoms with van der Waals surface area (Å²) in [5, 5.41) is 0. The lowest BCUT2D eigenvalue weighted by Gasteiger charge is -2.12. The van der Waals surface area contributed by atoms with E-state index in [1.54, 1.807) is 6.07 Å². The van der Waals surface area contributed by atoms with Gasteiger partial charge >= 0.3 is 6.18 Å². The van der Waals surface area contributed by atoms with Crippen molar-refractivity contribution in [2.24, 2.45) is 4.99 Å². The second-order valence-corrected chi connectivity index (χ2v) is 3.79. The van der Waals surface area contributed by atoms with Crippen LogP contribution in [0.25, 0.3) is 11.1 Å². The fraction of sp³-hybridized carbons (Fsp3) is 0.0714. The number of carbonyl (C=O) groups excluding carboxylic acids is 1. The van der Waals surface area contributed by atoms with Crippen molar-refractivity contribution in [2.75, 3.05) is 0 Å². The molecule has 0 fully saturated rings. The van der Waals surface area contributed by atoms with Crippen molar-refractivity contribution in [2.45, 2.75) is 6.18 Å². The van der Waals surface area contributed by atoms with Gasteiger partial charge in [-0.3, -0.25) is 0 Å². The smallest absolute Gasteiger partial charge is 0.211 e. The highest BCUT2D eigenvalue weighted by Crippen LogP contribution is 2.37. The number of rotatable bonds is 2. The molecule has 0 saturated carbocycles. The molecule has 0 spiro atoms. The summed E-state index contributed by atoms with van der Waals surface area (Å²) in [7, 11) is 0. The maximum Gasteiger partial charge on any atom is 0.417 e. The van der Waals surface area contributed by atoms with E-state index in [0.29, 0.717) is 11.3 Å². The summed E-state index contributed by atoms with van der Waals surface area (Å²) in [6.07, 6.45) is -3.03. The van der Waals surface area contributed by atoms with Crippen molar-refractivity contribution in [3.63, 3.8) is 0 Å². The van der Waals surface area contributed by atoms with Crippen LogP contribution in [0, 0.1) is 0 Å². The fourth-order valence-corrected chi connectivity index (χ4v) is 1.75. The predicted octanol–water partition coefficient (Wildman–Crippen LogP) is 4.34. The van der Waals surface area contributed by atoms with Gasteiger partial charge in [0.1, 0.15) is 0 Å². The Labute approximate surface area is 107 Å². The first-order valence-corrected chi connectivity index (χ1v) is 5.37. The molecule has 2 rings (SSSR count). The summed E-state index contributed by atoms with van der Waals surface area (Å²) in [5.41, 5.74) is 0.166. The number of alkyl halides is 3. The molecule has 0 heterocycles. The van der Waals surface area contributed by atoms with Crippen molar-refractivity contribution in [3.05, 3.63) is 54.1 Å². The first kappa shape index (κ1) is 13.1. The van der Waals surface area contributed by atoms with Crippen molar-refractivity contribution >= 4 is 11.8 Å². The standard InChI is InChI=1S/C14H8F3NO/c15-14(16,17)13-4-2-1-3-12(13)10-5-7-11(8-6-10)18-9-19/h1-8H. The molecule has 0 bridgehead atoms. The Bertz CT molecular complexity index is 626. The average Bonchev–Trinajstić information content (AvgIpc) is 2.39. The fourth-order valence-electron chi connectivity index (χ4n) is 1.75. The highest BCUT2D eigenvalue weighted by molar-refractivity contribution is 5.69. The molecular weight excluding hydrogens is 255 g/mol. The van der Waals surface area contributed by atoms with Crippen molar-refractivity contribution in [1.29, 1.82) is 0 Å². The highest BCUT2D eigenvalue weighted by atomic mass is 19.4. The Morgan fingerprint density at radius 3 is 2.16 bits per heavy atom. The van der Waals surface area contributed by atoms with Crippen LogP contribution in [0.1, 0.15) is 5.56 Å². The molecule has 0 aliphatic heterocycles. The molecule has 0 atom stereocenters. The lowest BCUT2D eigenvalue weighted by atomic mass is 9.99. The predicted molar refractivity (Wildman–Crippen MR) is 64.7 cm³/mol. The summed E-state index contributed by atoms with van der Waals surface area (Å²) >= 11 is 0. The van der Waals surface area contributed by atoms with Crippen LogP contribution in [0.4, 0.5) is 18.9 Å². The number of aliphatic imine (C=N–C) groups is 1. The Morgan fingerprint density at radius 2 is 1.58 bits per heavy atom. The minimum absolute atomic E-state index is 0.0941. The van der Waals surface area contributed by atoms with E-state index in [9.17, 15) is 18.0 Å². The van der Waals surface area contributed by atoms with Gasteiger partial charge in [-0.1, -0.05) is 30.3 Å². The van der Waals surface area contributed by atoms with E-state index in [-0.39, 0.29) is 5.56 Å². The van der Waals surface area contributed by atoms with E-state index in [1.807, 2.05) is 0 Å². The molecule has 2 aromatic carbocycles. The normalized spacial score (nSPS) is 10.9. The van der Waals surface area contributed by atoms with E-state index in [4.69, 9.17) is 0 Å². The highest BCUT2D eigenvalue weighted by Gasteiger charge is 2.33. The third-order valence-corrected chi connectivity index (χ3v) is 2.59. The molecule has 0 unspecified atom stereocenters. The zero-order chi connectivity index (χ0) is 13.9. The van der Waals surface area contributed by atoms with E-state index >= 15 is 0 Å². The topological polar surface area (TPSA) is 29.4 Å². The minimum atomic E-state index is -4.41. The molecular formula is C14H8F3NO. The molecule has 19 heavy (non-hydrogen) atoms. The quantitative estimate of drug-likeness (QED) is 0.585. The minimum Gasteiger partial charge on any atom is -0.211 e. The second-order valence-electron chi connectivity index (χ2n) is 3.79. The Balaban J connectivity index is 2.50. The van der Waals surface area contributed by atoms with E-state index in [2.05, 4.69) is 4.99 Å². The Hall–Kier alpha value is -2.39. The summed E-state index contributed by atoms with van der Waals surface area (Å²) in [4.78, 5) is 13.5. The first-order chi connectivity index (χ1) is 9.02. The van der Waals surface area contributed by atoms with Crippen LogP contribution in [0.3, 0.4) is 0 Å². The number of hydrogen-bond acceptors (Lipinski definition) is 2. The van der Waals surface area contributed by atoms with E-state index in [1.165, 1.54) is 42.5 Å². The number of nitrogens with zero attached hydrogens (tertiary/aromatic N) is 1. The SMILES string of the molecule is O=C=Nc1ccc(-c2ccccc2C(F)(F)F)cc1. The number of halogens is 3. The molecule has 0 radical (unpaired) electrons. The largest absolute Gasteiger partial charge is 0.417 e. The maximum atomic E-state index is 12.9. The number of benzene rings is 2. The Kier molecular flexibility index (Phi) is 3.49. The summed E-state index contributed by atoms with van der Waals surface area (Å²) in [6, 6.07) is 11.2. The summed E-state index contributed by atoms with van der Waals surface area (Å²) in [5.74, 6) is 0. The molecule has 2 aromatic rings. The monoisotopic (exact) mass is 263 g/mol. The third kappa shape index (κ3) is 2.89. The zero-order valence-electron chi connectivity index (χ0n) is 9.61. The van der Waals surface area contributed by atoms with Gasteiger partial charge in [0.05, 0.1) is 11.3 Å². The molecule has 0 N–H and O–H groups in total. The number of isocyanates is 1. The Morgan fingerprint density at radius 1 is 0.947 bits per heavy atom. The van der Waals surface area contributed by atoms with Gasteiger partial charge < -0.3 is 0 Å². The molecule has 0 aliphatic carbocycles. The van der Waals surface area contributed by atoms with Gasteiger partial charge in [0, 0.05) is 0 Å². The summed E-state index contributed by atoms with van der Waals surface area (Å²) in [6.45, 7) is 0. The van der Waals surface area contributed by atoms with Gasteiger partial charge in [-0.2, -0.15) is 18.2 Å². The van der Waals surface area contributed by atoms with E-state index < -0.39 is 11.7 Å². The molecule has 2 nitrogen and oxygen atoms in total. The molecule has 0 aliphatic rings. The maximum absolute atomic E-state index is 12.9. The van der Waals surface area contributed by atoms with Gasteiger partial charge in [0.25, 0.3) is 0 Å². The van der Waals surface area contributed by atoms with Crippen molar-refractivity contribution < 1.29 is 18.0 Å². The van der Waals surface area contributed by atoms with Gasteiger partial charge in [0.2, 0.25) is 6.08 Å². The number of hydrogen-bond donors (Lipinski definition) is 0. The van der Waals surface area contributed by atoms with Crippen molar-refractivity contribution in [3.8, 4) is 11.1 Å². The van der Waals surface area contributed by atoms with Gasteiger partial charge in [-0.05, 0) is 29.3 Å². The van der Waals surface area contributed by atoms with Gasteiger partial charge in [-0.15, -0.1) is 0 Å². The first-order valence-electron chi connectivity index (χ1n) is 5.37. The molecule has 0 amide bonds. The van der Waals surface area contributed by atoms with Crippen LogP contribution in [-0.2, 0) is 11.0 Å². The van der Waals surface area contributed by atoms with Crippen LogP contribution in [-0.4, -0.2) is 6.08 Å². The lowest BCUT2D eigenvalue weighted by molar-refractivity contribution is -0.137. The average molecular weight is 263 g/mol. The van der Waals surface area contributed by atoms with Crippen LogP contribution in [0.5, 0.6) is 0 Å². The molecule has 5 heteroatoms. The van der Waals surface area contributed by atoms with Crippen LogP contribution in [0.15, 0.2) is 53.5 Å². The summed E-state index contributed by atoms with van der Waals surface area (Å²) < 4.78 is 38.6. The lowest BCUT2D eigenvalue weighted by Crippen LogP contribution is -2.06. The van der Waals surface area contributed by atoms with Crippen LogP contribution in [0.2, 0.25) is 0 Å². The zero-order valence-corrected chi connectivity index (χ0v) is 9.61. The van der Waals surface area contributed by atoms with Crippen molar-refractivity contribution in [1.82, 2.24) is 0 Å². The van der Waals surface area contributed by atoms with Crippen LogP contribution < -0.4 is 0 Å². The van der Waals surface area contributed by atoms with E-state index in [0.717, 1.165) is 6.07 Å². The van der Waals surface area contributed by atoms with Crippen LogP contribution >= 0.6 is 0 Å². The second kappa shape index (κ2) is 5.08. The molecule has 0 aromatic heterocycles. The van der Waals surface area contributed by atoms with Gasteiger partial charge in [0.15, 0.2) is 0 Å². The van der Waals surface area contributed by atoms with Gasteiger partial charge in [-0.25, -0.2) is 4.79 Å². The third-order valence-electron chi connectivity index (χ3n) is 2.59.